The van der Waals surface area contributed by atoms with Crippen LogP contribution in [-0.4, -0.2) is 87.6 Å². The molecule has 3 amide bonds. The van der Waals surface area contributed by atoms with Crippen LogP contribution < -0.4 is 0 Å². The zero-order valence-electron chi connectivity index (χ0n) is 24.7. The number of fused-ring (bicyclic) bond motifs is 2. The van der Waals surface area contributed by atoms with Gasteiger partial charge in [-0.2, -0.15) is 5.06 Å². The van der Waals surface area contributed by atoms with Crippen LogP contribution in [0.5, 0.6) is 5.75 Å². The van der Waals surface area contributed by atoms with Crippen LogP contribution >= 0.6 is 0 Å². The van der Waals surface area contributed by atoms with Gasteiger partial charge in [0.25, 0.3) is 5.91 Å². The maximum absolute atomic E-state index is 13.8. The molecule has 1 aliphatic carbocycles. The van der Waals surface area contributed by atoms with E-state index in [4.69, 9.17) is 9.57 Å². The summed E-state index contributed by atoms with van der Waals surface area (Å²) in [6.07, 6.45) is 3.25. The van der Waals surface area contributed by atoms with Crippen molar-refractivity contribution in [3.05, 3.63) is 77.9 Å². The fraction of sp³-hybridized carbons (Fsp3) is 0.441. The lowest BCUT2D eigenvalue weighted by Gasteiger charge is -2.52. The van der Waals surface area contributed by atoms with E-state index in [1.54, 1.807) is 17.0 Å². The van der Waals surface area contributed by atoms with Crippen LogP contribution in [0.4, 0.5) is 4.79 Å². The van der Waals surface area contributed by atoms with Crippen LogP contribution in [0.25, 0.3) is 10.8 Å². The molecular weight excluding hydrogens is 562 g/mol. The van der Waals surface area contributed by atoms with Gasteiger partial charge in [-0.05, 0) is 59.2 Å². The molecule has 10 nitrogen and oxygen atoms in total. The molecule has 2 N–H and O–H groups in total. The summed E-state index contributed by atoms with van der Waals surface area (Å²) in [5.74, 6) is -0.500. The van der Waals surface area contributed by atoms with Crippen LogP contribution in [0, 0.1) is 5.92 Å². The number of amides is 3. The number of carbonyl (C=O) groups excluding carboxylic acids is 3. The molecule has 3 fully saturated rings. The highest BCUT2D eigenvalue weighted by Crippen LogP contribution is 2.31. The maximum Gasteiger partial charge on any atom is 0.436 e. The number of aliphatic hydroxyl groups excluding tert-OH is 1. The third-order valence-electron chi connectivity index (χ3n) is 9.09. The van der Waals surface area contributed by atoms with Gasteiger partial charge in [-0.15, -0.1) is 0 Å². The van der Waals surface area contributed by atoms with Crippen molar-refractivity contribution in [2.75, 3.05) is 26.3 Å². The van der Waals surface area contributed by atoms with Crippen molar-refractivity contribution < 1.29 is 34.2 Å². The van der Waals surface area contributed by atoms with E-state index >= 15 is 0 Å². The number of piperazine rings is 1. The van der Waals surface area contributed by atoms with Crippen LogP contribution in [0.3, 0.4) is 0 Å². The molecule has 0 unspecified atom stereocenters. The van der Waals surface area contributed by atoms with Gasteiger partial charge in [0.15, 0.2) is 12.3 Å². The lowest BCUT2D eigenvalue weighted by atomic mass is 9.90. The van der Waals surface area contributed by atoms with E-state index in [1.807, 2.05) is 42.5 Å². The van der Waals surface area contributed by atoms with Gasteiger partial charge in [0.2, 0.25) is 5.91 Å². The first-order chi connectivity index (χ1) is 21.4. The van der Waals surface area contributed by atoms with E-state index in [0.29, 0.717) is 18.5 Å². The predicted octanol–water partition coefficient (Wildman–Crippen LogP) is 4.02. The minimum atomic E-state index is -1.17. The molecule has 3 aromatic carbocycles. The summed E-state index contributed by atoms with van der Waals surface area (Å²) in [4.78, 5) is 50.1. The van der Waals surface area contributed by atoms with Crippen LogP contribution in [0.1, 0.15) is 43.2 Å². The molecule has 0 radical (unpaired) electrons. The minimum absolute atomic E-state index is 0.0241. The van der Waals surface area contributed by atoms with Gasteiger partial charge in [-0.1, -0.05) is 73.9 Å². The summed E-state index contributed by atoms with van der Waals surface area (Å²) in [5.41, 5.74) is 1.78. The molecule has 44 heavy (non-hydrogen) atoms. The Morgan fingerprint density at radius 2 is 1.68 bits per heavy atom. The molecule has 3 aliphatic rings. The SMILES string of the molecule is O=C1[C@H](CO)N2C(=O)[C@H](Cc3ccc(O)cc3)ON(C(=O)OCC3CCCCC3)[C@H]2CN1CCc1cccc2ccccc12. The fourth-order valence-electron chi connectivity index (χ4n) is 6.69. The standard InChI is InChI=1S/C34H39N3O7/c38-21-29-32(40)35(18-17-26-11-6-10-25-9-4-5-12-28(25)26)20-31-36(29)33(41)30(19-23-13-15-27(39)16-14-23)44-37(31)34(42)43-22-24-7-2-1-3-8-24/h4-6,9-16,24,29-31,38-39H,1-3,7-8,17-22H2/t29-,30-,31-/m0/s1. The fourth-order valence-corrected chi connectivity index (χ4v) is 6.69. The maximum atomic E-state index is 13.8. The highest BCUT2D eigenvalue weighted by molar-refractivity contribution is 5.92. The van der Waals surface area contributed by atoms with E-state index in [1.165, 1.54) is 23.5 Å². The normalized spacial score (nSPS) is 22.8. The number of aromatic hydroxyl groups is 1. The zero-order valence-corrected chi connectivity index (χ0v) is 24.7. The number of ether oxygens (including phenoxy) is 1. The topological polar surface area (TPSA) is 120 Å². The van der Waals surface area contributed by atoms with E-state index in [9.17, 15) is 24.6 Å². The second kappa shape index (κ2) is 13.2. The Bertz CT molecular complexity index is 1480. The summed E-state index contributed by atoms with van der Waals surface area (Å²) in [5, 5.41) is 23.4. The number of rotatable bonds is 8. The van der Waals surface area contributed by atoms with E-state index < -0.39 is 36.9 Å². The zero-order chi connectivity index (χ0) is 30.6. The van der Waals surface area contributed by atoms with Gasteiger partial charge in [0.1, 0.15) is 11.8 Å². The quantitative estimate of drug-likeness (QED) is 0.400. The Labute approximate surface area is 256 Å². The molecule has 2 heterocycles. The van der Waals surface area contributed by atoms with Crippen molar-refractivity contribution >= 4 is 28.7 Å². The molecule has 232 valence electrons. The first kappa shape index (κ1) is 29.9. The molecule has 3 atom stereocenters. The molecule has 1 saturated carbocycles. The smallest absolute Gasteiger partial charge is 0.436 e. The van der Waals surface area contributed by atoms with Crippen molar-refractivity contribution in [3.63, 3.8) is 0 Å². The first-order valence-corrected chi connectivity index (χ1v) is 15.5. The van der Waals surface area contributed by atoms with Gasteiger partial charge >= 0.3 is 6.09 Å². The number of nitrogens with zero attached hydrogens (tertiary/aromatic N) is 3. The monoisotopic (exact) mass is 601 g/mol. The van der Waals surface area contributed by atoms with Gasteiger partial charge in [-0.3, -0.25) is 14.4 Å². The molecule has 0 bridgehead atoms. The summed E-state index contributed by atoms with van der Waals surface area (Å²) in [6.45, 7) is 0.0257. The molecule has 10 heteroatoms. The number of benzene rings is 3. The molecule has 2 aliphatic heterocycles. The number of aliphatic hydroxyl groups is 1. The lowest BCUT2D eigenvalue weighted by molar-refractivity contribution is -0.267. The van der Waals surface area contributed by atoms with Crippen molar-refractivity contribution in [2.45, 2.75) is 63.3 Å². The Kier molecular flexibility index (Phi) is 8.99. The highest BCUT2D eigenvalue weighted by atomic mass is 16.7. The summed E-state index contributed by atoms with van der Waals surface area (Å²) < 4.78 is 5.75. The molecule has 0 spiro atoms. The average Bonchev–Trinajstić information content (AvgIpc) is 3.05. The number of hydrogen-bond acceptors (Lipinski definition) is 7. The van der Waals surface area contributed by atoms with Crippen molar-refractivity contribution in [2.24, 2.45) is 5.92 Å². The van der Waals surface area contributed by atoms with E-state index in [-0.39, 0.29) is 37.1 Å². The second-order valence-corrected chi connectivity index (χ2v) is 12.0. The van der Waals surface area contributed by atoms with E-state index in [2.05, 4.69) is 0 Å². The van der Waals surface area contributed by atoms with Crippen LogP contribution in [-0.2, 0) is 32.0 Å². The predicted molar refractivity (Wildman–Crippen MR) is 162 cm³/mol. The van der Waals surface area contributed by atoms with Crippen molar-refractivity contribution in [3.8, 4) is 5.75 Å². The third kappa shape index (κ3) is 6.23. The highest BCUT2D eigenvalue weighted by Gasteiger charge is 2.53. The minimum Gasteiger partial charge on any atom is -0.508 e. The molecule has 2 saturated heterocycles. The second-order valence-electron chi connectivity index (χ2n) is 12.0. The van der Waals surface area contributed by atoms with Gasteiger partial charge in [-0.25, -0.2) is 4.79 Å². The number of phenols is 1. The Morgan fingerprint density at radius 3 is 2.45 bits per heavy atom. The van der Waals surface area contributed by atoms with Gasteiger partial charge in [0, 0.05) is 13.0 Å². The number of hydrogen-bond donors (Lipinski definition) is 2. The van der Waals surface area contributed by atoms with Crippen molar-refractivity contribution in [1.82, 2.24) is 14.9 Å². The largest absolute Gasteiger partial charge is 0.508 e. The summed E-state index contributed by atoms with van der Waals surface area (Å²) in [7, 11) is 0. The number of hydroxylamine groups is 2. The lowest BCUT2D eigenvalue weighted by Crippen LogP contribution is -2.74. The van der Waals surface area contributed by atoms with Gasteiger partial charge in [0.05, 0.1) is 19.8 Å². The van der Waals surface area contributed by atoms with E-state index in [0.717, 1.165) is 47.1 Å². The third-order valence-corrected chi connectivity index (χ3v) is 9.09. The summed E-state index contributed by atoms with van der Waals surface area (Å²) >= 11 is 0. The number of phenolic OH excluding ortho intramolecular Hbond substituents is 1. The summed E-state index contributed by atoms with van der Waals surface area (Å²) in [6, 6.07) is 19.3. The van der Waals surface area contributed by atoms with Crippen LogP contribution in [0.15, 0.2) is 66.7 Å². The Morgan fingerprint density at radius 1 is 0.932 bits per heavy atom. The van der Waals surface area contributed by atoms with Crippen LogP contribution in [0.2, 0.25) is 0 Å². The molecule has 6 rings (SSSR count). The Hall–Kier alpha value is -4.15. The Balaban J connectivity index is 1.24. The molecule has 0 aromatic heterocycles. The molecular formula is C34H39N3O7. The molecule has 3 aromatic rings. The number of carbonyl (C=O) groups is 3. The van der Waals surface area contributed by atoms with Crippen molar-refractivity contribution in [1.29, 1.82) is 0 Å². The van der Waals surface area contributed by atoms with Gasteiger partial charge < -0.3 is 24.7 Å². The average molecular weight is 602 g/mol. The first-order valence-electron chi connectivity index (χ1n) is 15.5.